The van der Waals surface area contributed by atoms with Gasteiger partial charge in [-0.25, -0.2) is 4.79 Å². The van der Waals surface area contributed by atoms with E-state index in [2.05, 4.69) is 29.7 Å². The highest BCUT2D eigenvalue weighted by Gasteiger charge is 2.53. The van der Waals surface area contributed by atoms with E-state index in [1.165, 1.54) is 5.56 Å². The topological polar surface area (TPSA) is 59.6 Å². The zero-order valence-corrected chi connectivity index (χ0v) is 20.7. The minimum Gasteiger partial charge on any atom is -0.456 e. The number of fused-ring (bicyclic) bond motifs is 6. The van der Waals surface area contributed by atoms with Crippen LogP contribution in [0.1, 0.15) is 32.6 Å². The number of rotatable bonds is 4. The molecule has 1 atom stereocenters. The van der Waals surface area contributed by atoms with Crippen molar-refractivity contribution in [1.82, 2.24) is 0 Å². The lowest BCUT2D eigenvalue weighted by molar-refractivity contribution is 0.0224. The van der Waals surface area contributed by atoms with E-state index in [1.54, 1.807) is 0 Å². The van der Waals surface area contributed by atoms with Gasteiger partial charge in [-0.3, -0.25) is 0 Å². The van der Waals surface area contributed by atoms with Crippen LogP contribution >= 0.6 is 0 Å². The molecule has 7 rings (SSSR count). The standard InChI is InChI=1S/C33H24N2O3/c1-21-11-13-23(14-12-21)35-24-16-18-30-29(19-24)33(27-10-6-5-9-26(27)32(36)38-33)28-17-15-25(20-31(28)37-30)34-22-7-3-2-4-8-22/h2-20,34-35H,1H3. The summed E-state index contributed by atoms with van der Waals surface area (Å²) >= 11 is 0. The number of benzene rings is 5. The van der Waals surface area contributed by atoms with Crippen molar-refractivity contribution >= 4 is 28.7 Å². The maximum absolute atomic E-state index is 13.2. The quantitative estimate of drug-likeness (QED) is 0.247. The molecular formula is C33H24N2O3. The summed E-state index contributed by atoms with van der Waals surface area (Å²) in [6.07, 6.45) is 0. The second-order valence-corrected chi connectivity index (χ2v) is 9.62. The lowest BCUT2D eigenvalue weighted by atomic mass is 9.77. The second kappa shape index (κ2) is 8.53. The molecule has 5 heteroatoms. The zero-order valence-electron chi connectivity index (χ0n) is 20.7. The molecule has 0 saturated carbocycles. The van der Waals surface area contributed by atoms with Gasteiger partial charge < -0.3 is 20.1 Å². The molecule has 0 bridgehead atoms. The van der Waals surface area contributed by atoms with Gasteiger partial charge >= 0.3 is 5.97 Å². The highest BCUT2D eigenvalue weighted by Crippen LogP contribution is 2.57. The van der Waals surface area contributed by atoms with E-state index in [0.717, 1.165) is 39.4 Å². The van der Waals surface area contributed by atoms with Gasteiger partial charge in [-0.2, -0.15) is 0 Å². The van der Waals surface area contributed by atoms with Crippen LogP contribution in [0, 0.1) is 6.92 Å². The summed E-state index contributed by atoms with van der Waals surface area (Å²) in [5.74, 6) is 0.943. The summed E-state index contributed by atoms with van der Waals surface area (Å²) < 4.78 is 12.8. The van der Waals surface area contributed by atoms with Crippen LogP contribution < -0.4 is 15.4 Å². The van der Waals surface area contributed by atoms with E-state index in [4.69, 9.17) is 9.47 Å². The zero-order chi connectivity index (χ0) is 25.7. The van der Waals surface area contributed by atoms with Gasteiger partial charge in [0.15, 0.2) is 5.60 Å². The number of hydrogen-bond donors (Lipinski definition) is 2. The first-order valence-electron chi connectivity index (χ1n) is 12.6. The molecule has 5 aromatic carbocycles. The van der Waals surface area contributed by atoms with Crippen LogP contribution in [0.4, 0.5) is 22.7 Å². The fourth-order valence-corrected chi connectivity index (χ4v) is 5.32. The van der Waals surface area contributed by atoms with E-state index in [0.29, 0.717) is 17.1 Å². The van der Waals surface area contributed by atoms with Crippen molar-refractivity contribution in [3.05, 3.63) is 143 Å². The molecule has 1 spiro atoms. The summed E-state index contributed by atoms with van der Waals surface area (Å²) in [4.78, 5) is 13.2. The maximum Gasteiger partial charge on any atom is 0.340 e. The molecule has 2 N–H and O–H groups in total. The van der Waals surface area contributed by atoms with Crippen LogP contribution in [0.25, 0.3) is 0 Å². The Morgan fingerprint density at radius 2 is 1.24 bits per heavy atom. The maximum atomic E-state index is 13.2. The molecule has 0 saturated heterocycles. The van der Waals surface area contributed by atoms with Gasteiger partial charge in [-0.05, 0) is 67.6 Å². The second-order valence-electron chi connectivity index (χ2n) is 9.62. The Morgan fingerprint density at radius 3 is 2.05 bits per heavy atom. The van der Waals surface area contributed by atoms with Crippen LogP contribution in [-0.4, -0.2) is 5.97 Å². The van der Waals surface area contributed by atoms with Crippen molar-refractivity contribution in [3.63, 3.8) is 0 Å². The molecule has 184 valence electrons. The number of esters is 1. The summed E-state index contributed by atoms with van der Waals surface area (Å²) in [7, 11) is 0. The van der Waals surface area contributed by atoms with E-state index >= 15 is 0 Å². The molecule has 0 fully saturated rings. The van der Waals surface area contributed by atoms with Gasteiger partial charge in [0, 0.05) is 45.5 Å². The summed E-state index contributed by atoms with van der Waals surface area (Å²) in [5.41, 5.74) is 6.73. The molecule has 0 radical (unpaired) electrons. The average molecular weight is 497 g/mol. The Balaban J connectivity index is 1.37. The van der Waals surface area contributed by atoms with Gasteiger partial charge in [0.25, 0.3) is 0 Å². The first-order chi connectivity index (χ1) is 18.6. The molecule has 0 aliphatic carbocycles. The van der Waals surface area contributed by atoms with Gasteiger partial charge in [0.05, 0.1) is 5.56 Å². The van der Waals surface area contributed by atoms with E-state index in [9.17, 15) is 4.79 Å². The van der Waals surface area contributed by atoms with Crippen LogP contribution in [0.3, 0.4) is 0 Å². The molecule has 5 nitrogen and oxygen atoms in total. The Hall–Kier alpha value is -5.03. The Labute approximate surface area is 220 Å². The number of nitrogens with one attached hydrogen (secondary N) is 2. The smallest absolute Gasteiger partial charge is 0.340 e. The SMILES string of the molecule is Cc1ccc(Nc2ccc3c(c2)C2(OC(=O)c4ccccc42)c2ccc(Nc4ccccc4)cc2O3)cc1. The van der Waals surface area contributed by atoms with Crippen LogP contribution in [0.2, 0.25) is 0 Å². The van der Waals surface area contributed by atoms with Crippen LogP contribution in [0.15, 0.2) is 115 Å². The third-order valence-corrected chi connectivity index (χ3v) is 7.11. The predicted octanol–water partition coefficient (Wildman–Crippen LogP) is 8.05. The lowest BCUT2D eigenvalue weighted by Crippen LogP contribution is -2.33. The van der Waals surface area contributed by atoms with E-state index in [1.807, 2.05) is 103 Å². The Bertz CT molecular complexity index is 1700. The minimum atomic E-state index is -1.12. The number of ether oxygens (including phenoxy) is 2. The van der Waals surface area contributed by atoms with Gasteiger partial charge in [0.2, 0.25) is 0 Å². The summed E-state index contributed by atoms with van der Waals surface area (Å²) in [5, 5.41) is 6.90. The normalized spacial score (nSPS) is 16.6. The lowest BCUT2D eigenvalue weighted by Gasteiger charge is -2.37. The van der Waals surface area contributed by atoms with Crippen LogP contribution in [-0.2, 0) is 10.3 Å². The van der Waals surface area contributed by atoms with Crippen molar-refractivity contribution in [1.29, 1.82) is 0 Å². The minimum absolute atomic E-state index is 0.345. The summed E-state index contributed by atoms with van der Waals surface area (Å²) in [6, 6.07) is 37.6. The van der Waals surface area contributed by atoms with Crippen molar-refractivity contribution in [2.75, 3.05) is 10.6 Å². The van der Waals surface area contributed by atoms with Gasteiger partial charge in [-0.15, -0.1) is 0 Å². The third kappa shape index (κ3) is 3.51. The molecule has 5 aromatic rings. The molecule has 0 aromatic heterocycles. The fourth-order valence-electron chi connectivity index (χ4n) is 5.32. The van der Waals surface area contributed by atoms with Crippen molar-refractivity contribution < 1.29 is 14.3 Å². The highest BCUT2D eigenvalue weighted by molar-refractivity contribution is 5.97. The van der Waals surface area contributed by atoms with Crippen molar-refractivity contribution in [3.8, 4) is 11.5 Å². The first kappa shape index (κ1) is 22.2. The largest absolute Gasteiger partial charge is 0.456 e. The molecule has 0 amide bonds. The number of hydrogen-bond acceptors (Lipinski definition) is 5. The molecular weight excluding hydrogens is 472 g/mol. The molecule has 1 unspecified atom stereocenters. The van der Waals surface area contributed by atoms with E-state index in [-0.39, 0.29) is 5.97 Å². The number of carbonyl (C=O) groups excluding carboxylic acids is 1. The molecule has 2 aliphatic heterocycles. The average Bonchev–Trinajstić information content (AvgIpc) is 3.24. The number of para-hydroxylation sites is 1. The monoisotopic (exact) mass is 496 g/mol. The number of anilines is 4. The highest BCUT2D eigenvalue weighted by atomic mass is 16.6. The third-order valence-electron chi connectivity index (χ3n) is 7.11. The first-order valence-corrected chi connectivity index (χ1v) is 12.6. The molecule has 38 heavy (non-hydrogen) atoms. The van der Waals surface area contributed by atoms with E-state index < -0.39 is 5.60 Å². The summed E-state index contributed by atoms with van der Waals surface area (Å²) in [6.45, 7) is 2.06. The molecule has 2 heterocycles. The molecule has 2 aliphatic rings. The van der Waals surface area contributed by atoms with Gasteiger partial charge in [-0.1, -0.05) is 54.1 Å². The number of carbonyl (C=O) groups is 1. The Kier molecular flexibility index (Phi) is 4.98. The van der Waals surface area contributed by atoms with Crippen LogP contribution in [0.5, 0.6) is 11.5 Å². The number of aryl methyl sites for hydroxylation is 1. The van der Waals surface area contributed by atoms with Crippen molar-refractivity contribution in [2.45, 2.75) is 12.5 Å². The fraction of sp³-hybridized carbons (Fsp3) is 0.0606. The predicted molar refractivity (Wildman–Crippen MR) is 149 cm³/mol. The van der Waals surface area contributed by atoms with Crippen molar-refractivity contribution in [2.24, 2.45) is 0 Å². The Morgan fingerprint density at radius 1 is 0.579 bits per heavy atom. The van der Waals surface area contributed by atoms with Gasteiger partial charge in [0.1, 0.15) is 11.5 Å².